The lowest BCUT2D eigenvalue weighted by molar-refractivity contribution is -0.136. The maximum atomic E-state index is 13.0. The van der Waals surface area contributed by atoms with E-state index in [-0.39, 0.29) is 10.5 Å². The van der Waals surface area contributed by atoms with E-state index in [0.29, 0.717) is 16.8 Å². The van der Waals surface area contributed by atoms with Crippen molar-refractivity contribution < 1.29 is 13.2 Å². The van der Waals surface area contributed by atoms with Crippen LogP contribution in [0.4, 0.5) is 13.2 Å². The molecule has 0 radical (unpaired) electrons. The van der Waals surface area contributed by atoms with Crippen LogP contribution in [-0.4, -0.2) is 15.8 Å². The Balaban J connectivity index is 2.63. The number of aromatic nitrogens is 1. The molecule has 110 valence electrons. The molecule has 2 aromatic rings. The van der Waals surface area contributed by atoms with Gasteiger partial charge in [-0.2, -0.15) is 18.3 Å². The molecule has 0 saturated carbocycles. The Morgan fingerprint density at radius 1 is 1.29 bits per heavy atom. The van der Waals surface area contributed by atoms with Gasteiger partial charge in [-0.25, -0.2) is 0 Å². The lowest BCUT2D eigenvalue weighted by Gasteiger charge is -2.12. The second-order valence-electron chi connectivity index (χ2n) is 4.23. The summed E-state index contributed by atoms with van der Waals surface area (Å²) in [6.07, 6.45) is -3.12. The highest BCUT2D eigenvalue weighted by Gasteiger charge is 2.32. The smallest absolute Gasteiger partial charge is 0.375 e. The number of halogens is 3. The van der Waals surface area contributed by atoms with Gasteiger partial charge in [0.15, 0.2) is 5.11 Å². The summed E-state index contributed by atoms with van der Waals surface area (Å²) >= 11 is 4.62. The SMILES string of the molecule is C/C(=N/NC(N)=S)c1nccc2c(C(F)(F)F)cccc12. The zero-order chi connectivity index (χ0) is 15.6. The third kappa shape index (κ3) is 3.27. The van der Waals surface area contributed by atoms with Gasteiger partial charge in [-0.1, -0.05) is 12.1 Å². The van der Waals surface area contributed by atoms with Crippen LogP contribution < -0.4 is 11.2 Å². The highest BCUT2D eigenvalue weighted by Crippen LogP contribution is 2.35. The van der Waals surface area contributed by atoms with Crippen molar-refractivity contribution in [3.8, 4) is 0 Å². The second kappa shape index (κ2) is 5.65. The zero-order valence-electron chi connectivity index (χ0n) is 10.9. The van der Waals surface area contributed by atoms with Crippen LogP contribution in [0.5, 0.6) is 0 Å². The highest BCUT2D eigenvalue weighted by atomic mass is 32.1. The predicted molar refractivity (Wildman–Crippen MR) is 78.9 cm³/mol. The molecule has 1 aromatic heterocycles. The molecule has 21 heavy (non-hydrogen) atoms. The Bertz CT molecular complexity index is 725. The van der Waals surface area contributed by atoms with Crippen molar-refractivity contribution in [3.05, 3.63) is 41.7 Å². The first kappa shape index (κ1) is 15.2. The van der Waals surface area contributed by atoms with Crippen molar-refractivity contribution in [1.29, 1.82) is 0 Å². The van der Waals surface area contributed by atoms with Gasteiger partial charge >= 0.3 is 6.18 Å². The fourth-order valence-corrected chi connectivity index (χ4v) is 1.98. The van der Waals surface area contributed by atoms with Crippen LogP contribution in [0.2, 0.25) is 0 Å². The minimum atomic E-state index is -4.43. The molecule has 1 heterocycles. The number of benzene rings is 1. The van der Waals surface area contributed by atoms with Crippen LogP contribution >= 0.6 is 12.2 Å². The minimum absolute atomic E-state index is 0.0365. The van der Waals surface area contributed by atoms with Crippen LogP contribution in [0.1, 0.15) is 18.2 Å². The molecule has 1 aromatic carbocycles. The van der Waals surface area contributed by atoms with Crippen LogP contribution in [0.3, 0.4) is 0 Å². The number of thiocarbonyl (C=S) groups is 1. The number of pyridine rings is 1. The van der Waals surface area contributed by atoms with Gasteiger partial charge in [0.05, 0.1) is 17.0 Å². The van der Waals surface area contributed by atoms with Gasteiger partial charge in [0.1, 0.15) is 0 Å². The van der Waals surface area contributed by atoms with E-state index in [1.54, 1.807) is 13.0 Å². The lowest BCUT2D eigenvalue weighted by Crippen LogP contribution is -2.25. The first-order chi connectivity index (χ1) is 9.80. The van der Waals surface area contributed by atoms with Crippen molar-refractivity contribution in [2.75, 3.05) is 0 Å². The average molecular weight is 312 g/mol. The summed E-state index contributed by atoms with van der Waals surface area (Å²) in [4.78, 5) is 4.09. The Labute approximate surface area is 123 Å². The van der Waals surface area contributed by atoms with Crippen molar-refractivity contribution in [2.45, 2.75) is 13.1 Å². The summed E-state index contributed by atoms with van der Waals surface area (Å²) in [6, 6.07) is 5.26. The Morgan fingerprint density at radius 2 is 2.00 bits per heavy atom. The molecule has 0 unspecified atom stereocenters. The Hall–Kier alpha value is -2.22. The van der Waals surface area contributed by atoms with Gasteiger partial charge in [0.2, 0.25) is 0 Å². The van der Waals surface area contributed by atoms with E-state index in [4.69, 9.17) is 5.73 Å². The zero-order valence-corrected chi connectivity index (χ0v) is 11.7. The van der Waals surface area contributed by atoms with E-state index in [2.05, 4.69) is 27.7 Å². The van der Waals surface area contributed by atoms with E-state index in [0.717, 1.165) is 6.07 Å². The van der Waals surface area contributed by atoms with Gasteiger partial charge in [-0.15, -0.1) is 0 Å². The van der Waals surface area contributed by atoms with Gasteiger partial charge in [0, 0.05) is 11.6 Å². The summed E-state index contributed by atoms with van der Waals surface area (Å²) in [5, 5.41) is 4.28. The monoisotopic (exact) mass is 312 g/mol. The van der Waals surface area contributed by atoms with Crippen molar-refractivity contribution >= 4 is 33.8 Å². The lowest BCUT2D eigenvalue weighted by atomic mass is 10.0. The third-order valence-corrected chi connectivity index (χ3v) is 2.88. The van der Waals surface area contributed by atoms with Crippen LogP contribution in [0.25, 0.3) is 10.8 Å². The Morgan fingerprint density at radius 3 is 2.62 bits per heavy atom. The number of hydrazone groups is 1. The molecule has 2 rings (SSSR count). The first-order valence-electron chi connectivity index (χ1n) is 5.85. The maximum Gasteiger partial charge on any atom is 0.417 e. The molecule has 4 nitrogen and oxygen atoms in total. The topological polar surface area (TPSA) is 63.3 Å². The first-order valence-corrected chi connectivity index (χ1v) is 6.26. The van der Waals surface area contributed by atoms with Crippen molar-refractivity contribution in [3.63, 3.8) is 0 Å². The summed E-state index contributed by atoms with van der Waals surface area (Å²) in [5.41, 5.74) is 7.65. The fraction of sp³-hybridized carbons (Fsp3) is 0.154. The van der Waals surface area contributed by atoms with Gasteiger partial charge in [-0.05, 0) is 36.7 Å². The van der Waals surface area contributed by atoms with E-state index in [9.17, 15) is 13.2 Å². The normalized spacial score (nSPS) is 12.5. The van der Waals surface area contributed by atoms with Crippen LogP contribution in [-0.2, 0) is 6.18 Å². The molecular weight excluding hydrogens is 301 g/mol. The molecule has 0 fully saturated rings. The number of hydrogen-bond donors (Lipinski definition) is 2. The van der Waals surface area contributed by atoms with Crippen LogP contribution in [0.15, 0.2) is 35.6 Å². The molecule has 8 heteroatoms. The Kier molecular flexibility index (Phi) is 4.08. The van der Waals surface area contributed by atoms with Crippen LogP contribution in [0, 0.1) is 0 Å². The molecular formula is C13H11F3N4S. The molecule has 0 aliphatic heterocycles. The van der Waals surface area contributed by atoms with E-state index in [1.807, 2.05) is 0 Å². The summed E-state index contributed by atoms with van der Waals surface area (Å²) in [7, 11) is 0. The standard InChI is InChI=1S/C13H11F3N4S/c1-7(19-20-12(17)21)11-9-3-2-4-10(13(14,15)16)8(9)5-6-18-11/h2-6H,1H3,(H3,17,20,21)/b19-7-. The predicted octanol–water partition coefficient (Wildman–Crippen LogP) is 2.81. The summed E-state index contributed by atoms with van der Waals surface area (Å²) in [6.45, 7) is 1.60. The number of hydrogen-bond acceptors (Lipinski definition) is 3. The molecule has 0 bridgehead atoms. The van der Waals surface area contributed by atoms with E-state index in [1.165, 1.54) is 18.3 Å². The number of nitrogens with one attached hydrogen (secondary N) is 1. The molecule has 0 atom stereocenters. The molecule has 0 aliphatic rings. The quantitative estimate of drug-likeness (QED) is 0.508. The number of fused-ring (bicyclic) bond motifs is 1. The average Bonchev–Trinajstić information content (AvgIpc) is 2.42. The second-order valence-corrected chi connectivity index (χ2v) is 4.67. The van der Waals surface area contributed by atoms with Gasteiger partial charge < -0.3 is 5.73 Å². The molecule has 3 N–H and O–H groups in total. The fourth-order valence-electron chi connectivity index (χ4n) is 1.93. The number of nitrogens with zero attached hydrogens (tertiary/aromatic N) is 2. The molecule has 0 amide bonds. The minimum Gasteiger partial charge on any atom is -0.375 e. The van der Waals surface area contributed by atoms with Gasteiger partial charge in [0.25, 0.3) is 0 Å². The van der Waals surface area contributed by atoms with Gasteiger partial charge in [-0.3, -0.25) is 10.4 Å². The maximum absolute atomic E-state index is 13.0. The molecule has 0 aliphatic carbocycles. The van der Waals surface area contributed by atoms with Crippen molar-refractivity contribution in [2.24, 2.45) is 10.8 Å². The molecule has 0 saturated heterocycles. The molecule has 0 spiro atoms. The summed E-state index contributed by atoms with van der Waals surface area (Å²) in [5.74, 6) is 0. The van der Waals surface area contributed by atoms with E-state index < -0.39 is 11.7 Å². The largest absolute Gasteiger partial charge is 0.417 e. The number of nitrogens with two attached hydrogens (primary N) is 1. The van der Waals surface area contributed by atoms with Crippen molar-refractivity contribution in [1.82, 2.24) is 10.4 Å². The summed E-state index contributed by atoms with van der Waals surface area (Å²) < 4.78 is 39.0. The van der Waals surface area contributed by atoms with E-state index >= 15 is 0 Å². The highest BCUT2D eigenvalue weighted by molar-refractivity contribution is 7.80. The number of alkyl halides is 3. The number of rotatable bonds is 2. The third-order valence-electron chi connectivity index (χ3n) is 2.79.